The van der Waals surface area contributed by atoms with Crippen molar-refractivity contribution in [3.05, 3.63) is 70.8 Å². The minimum Gasteiger partial charge on any atom is -0.357 e. The topological polar surface area (TPSA) is 56.7 Å². The molecule has 156 valence electrons. The number of rotatable bonds is 8. The molecule has 7 heteroatoms. The second-order valence-corrected chi connectivity index (χ2v) is 6.82. The predicted molar refractivity (Wildman–Crippen MR) is 112 cm³/mol. The van der Waals surface area contributed by atoms with Crippen molar-refractivity contribution in [3.8, 4) is 0 Å². The molecule has 0 fully saturated rings. The summed E-state index contributed by atoms with van der Waals surface area (Å²) in [6.45, 7) is 3.68. The Kier molecular flexibility index (Phi) is 8.58. The van der Waals surface area contributed by atoms with E-state index in [2.05, 4.69) is 15.6 Å². The molecule has 5 nitrogen and oxygen atoms in total. The van der Waals surface area contributed by atoms with Gasteiger partial charge in [-0.3, -0.25) is 9.79 Å². The van der Waals surface area contributed by atoms with Gasteiger partial charge in [-0.2, -0.15) is 0 Å². The third-order valence-corrected chi connectivity index (χ3v) is 4.30. The molecule has 2 aromatic rings. The molecular formula is C22H28F2N4O. The smallest absolute Gasteiger partial charge is 0.253 e. The van der Waals surface area contributed by atoms with Crippen LogP contribution in [0.4, 0.5) is 8.78 Å². The second-order valence-electron chi connectivity index (χ2n) is 6.82. The van der Waals surface area contributed by atoms with Gasteiger partial charge in [0.05, 0.1) is 0 Å². The number of aliphatic imine (C=N–C) groups is 1. The van der Waals surface area contributed by atoms with E-state index in [4.69, 9.17) is 0 Å². The number of hydrogen-bond acceptors (Lipinski definition) is 2. The van der Waals surface area contributed by atoms with Gasteiger partial charge in [0.2, 0.25) is 0 Å². The summed E-state index contributed by atoms with van der Waals surface area (Å²) in [7, 11) is 3.46. The second kappa shape index (κ2) is 11.1. The van der Waals surface area contributed by atoms with Crippen LogP contribution in [0.25, 0.3) is 0 Å². The first-order valence-electron chi connectivity index (χ1n) is 9.67. The molecule has 2 rings (SSSR count). The molecule has 2 aromatic carbocycles. The summed E-state index contributed by atoms with van der Waals surface area (Å²) in [4.78, 5) is 18.1. The maximum Gasteiger partial charge on any atom is 0.253 e. The van der Waals surface area contributed by atoms with Gasteiger partial charge in [0, 0.05) is 45.4 Å². The van der Waals surface area contributed by atoms with Gasteiger partial charge in [0.1, 0.15) is 11.6 Å². The van der Waals surface area contributed by atoms with Gasteiger partial charge in [-0.05, 0) is 49.1 Å². The zero-order chi connectivity index (χ0) is 21.2. The summed E-state index contributed by atoms with van der Waals surface area (Å²) >= 11 is 0. The van der Waals surface area contributed by atoms with Crippen LogP contribution in [0.1, 0.15) is 28.4 Å². The summed E-state index contributed by atoms with van der Waals surface area (Å²) in [6.07, 6.45) is 1.11. The molecule has 1 amide bonds. The quantitative estimate of drug-likeness (QED) is 0.527. The molecule has 0 unspecified atom stereocenters. The van der Waals surface area contributed by atoms with E-state index < -0.39 is 11.6 Å². The molecule has 0 bridgehead atoms. The number of nitrogens with one attached hydrogen (secondary N) is 2. The van der Waals surface area contributed by atoms with Gasteiger partial charge in [-0.1, -0.05) is 18.2 Å². The molecule has 0 atom stereocenters. The summed E-state index contributed by atoms with van der Waals surface area (Å²) < 4.78 is 26.7. The fourth-order valence-corrected chi connectivity index (χ4v) is 2.80. The molecule has 0 aliphatic heterocycles. The van der Waals surface area contributed by atoms with Gasteiger partial charge in [-0.15, -0.1) is 0 Å². The van der Waals surface area contributed by atoms with E-state index in [0.29, 0.717) is 43.1 Å². The Morgan fingerprint density at radius 3 is 2.55 bits per heavy atom. The third-order valence-electron chi connectivity index (χ3n) is 4.30. The lowest BCUT2D eigenvalue weighted by Gasteiger charge is -2.13. The standard InChI is InChI=1S/C22H28F2N4O/c1-4-25-22(27-13-11-17-8-9-19(23)15-20(17)24)26-12-10-16-6-5-7-18(14-16)21(29)28(2)3/h5-9,14-15H,4,10-13H2,1-3H3,(H2,25,26,27). The fourth-order valence-electron chi connectivity index (χ4n) is 2.80. The summed E-state index contributed by atoms with van der Waals surface area (Å²) in [5.74, 6) is -0.523. The maximum atomic E-state index is 13.7. The zero-order valence-electron chi connectivity index (χ0n) is 17.1. The highest BCUT2D eigenvalue weighted by molar-refractivity contribution is 5.94. The van der Waals surface area contributed by atoms with E-state index >= 15 is 0 Å². The minimum atomic E-state index is -0.582. The van der Waals surface area contributed by atoms with Crippen LogP contribution in [-0.4, -0.2) is 50.5 Å². The number of carbonyl (C=O) groups excluding carboxylic acids is 1. The van der Waals surface area contributed by atoms with Crippen molar-refractivity contribution in [2.75, 3.05) is 33.7 Å². The molecule has 2 N–H and O–H groups in total. The Hall–Kier alpha value is -2.96. The van der Waals surface area contributed by atoms with Crippen LogP contribution in [-0.2, 0) is 12.8 Å². The molecule has 0 saturated carbocycles. The van der Waals surface area contributed by atoms with E-state index in [1.165, 1.54) is 12.1 Å². The first-order valence-corrected chi connectivity index (χ1v) is 9.67. The lowest BCUT2D eigenvalue weighted by molar-refractivity contribution is 0.0827. The van der Waals surface area contributed by atoms with Crippen LogP contribution in [0.3, 0.4) is 0 Å². The molecule has 0 aliphatic rings. The van der Waals surface area contributed by atoms with Crippen LogP contribution >= 0.6 is 0 Å². The number of nitrogens with zero attached hydrogens (tertiary/aromatic N) is 2. The van der Waals surface area contributed by atoms with E-state index in [-0.39, 0.29) is 5.91 Å². The molecule has 29 heavy (non-hydrogen) atoms. The highest BCUT2D eigenvalue weighted by atomic mass is 19.1. The van der Waals surface area contributed by atoms with Crippen LogP contribution in [0.15, 0.2) is 47.5 Å². The largest absolute Gasteiger partial charge is 0.357 e. The van der Waals surface area contributed by atoms with Crippen LogP contribution in [0.2, 0.25) is 0 Å². The monoisotopic (exact) mass is 402 g/mol. The van der Waals surface area contributed by atoms with E-state index in [1.807, 2.05) is 25.1 Å². The van der Waals surface area contributed by atoms with Crippen molar-refractivity contribution in [2.24, 2.45) is 4.99 Å². The zero-order valence-corrected chi connectivity index (χ0v) is 17.1. The highest BCUT2D eigenvalue weighted by Crippen LogP contribution is 2.10. The highest BCUT2D eigenvalue weighted by Gasteiger charge is 2.08. The third kappa shape index (κ3) is 7.18. The number of halogens is 2. The molecule has 0 spiro atoms. The fraction of sp³-hybridized carbons (Fsp3) is 0.364. The van der Waals surface area contributed by atoms with Crippen LogP contribution in [0, 0.1) is 11.6 Å². The lowest BCUT2D eigenvalue weighted by Crippen LogP contribution is -2.38. The summed E-state index contributed by atoms with van der Waals surface area (Å²) in [5.41, 5.74) is 2.15. The maximum absolute atomic E-state index is 13.7. The summed E-state index contributed by atoms with van der Waals surface area (Å²) in [5, 5.41) is 6.39. The molecule has 0 aromatic heterocycles. The first-order chi connectivity index (χ1) is 13.9. The summed E-state index contributed by atoms with van der Waals surface area (Å²) in [6, 6.07) is 11.1. The Labute approximate surface area is 170 Å². The molecular weight excluding hydrogens is 374 g/mol. The molecule has 0 radical (unpaired) electrons. The Balaban J connectivity index is 1.89. The molecule has 0 heterocycles. The Bertz CT molecular complexity index is 852. The van der Waals surface area contributed by atoms with Crippen molar-refractivity contribution in [1.29, 1.82) is 0 Å². The van der Waals surface area contributed by atoms with Crippen LogP contribution in [0.5, 0.6) is 0 Å². The normalized spacial score (nSPS) is 11.3. The number of amides is 1. The van der Waals surface area contributed by atoms with Crippen LogP contribution < -0.4 is 10.6 Å². The Morgan fingerprint density at radius 2 is 1.86 bits per heavy atom. The lowest BCUT2D eigenvalue weighted by atomic mass is 10.1. The van der Waals surface area contributed by atoms with Crippen molar-refractivity contribution in [2.45, 2.75) is 19.8 Å². The van der Waals surface area contributed by atoms with Crippen molar-refractivity contribution in [3.63, 3.8) is 0 Å². The molecule has 0 aliphatic carbocycles. The number of carbonyl (C=O) groups is 1. The van der Waals surface area contributed by atoms with Gasteiger partial charge < -0.3 is 15.5 Å². The SMILES string of the molecule is CCNC(=NCCc1ccc(F)cc1F)NCCc1cccc(C(=O)N(C)C)c1. The average Bonchev–Trinajstić information content (AvgIpc) is 2.69. The van der Waals surface area contributed by atoms with Gasteiger partial charge >= 0.3 is 0 Å². The number of hydrogen-bond donors (Lipinski definition) is 2. The average molecular weight is 402 g/mol. The van der Waals surface area contributed by atoms with Crippen molar-refractivity contribution in [1.82, 2.24) is 15.5 Å². The van der Waals surface area contributed by atoms with Gasteiger partial charge in [-0.25, -0.2) is 8.78 Å². The van der Waals surface area contributed by atoms with Gasteiger partial charge in [0.25, 0.3) is 5.91 Å². The van der Waals surface area contributed by atoms with E-state index in [1.54, 1.807) is 25.1 Å². The van der Waals surface area contributed by atoms with Crippen molar-refractivity contribution < 1.29 is 13.6 Å². The predicted octanol–water partition coefficient (Wildman–Crippen LogP) is 3.01. The van der Waals surface area contributed by atoms with Crippen molar-refractivity contribution >= 4 is 11.9 Å². The minimum absolute atomic E-state index is 0.0252. The molecule has 0 saturated heterocycles. The van der Waals surface area contributed by atoms with E-state index in [9.17, 15) is 13.6 Å². The number of benzene rings is 2. The number of guanidine groups is 1. The first kappa shape index (κ1) is 22.3. The van der Waals surface area contributed by atoms with E-state index in [0.717, 1.165) is 18.1 Å². The Morgan fingerprint density at radius 1 is 1.07 bits per heavy atom. The van der Waals surface area contributed by atoms with Gasteiger partial charge in [0.15, 0.2) is 5.96 Å².